The number of aromatic nitrogens is 1. The molecule has 0 aliphatic carbocycles. The van der Waals surface area contributed by atoms with Crippen LogP contribution in [0.15, 0.2) is 42.5 Å². The number of H-pyrrole nitrogens is 1. The molecule has 0 unspecified atom stereocenters. The number of fused-ring (bicyclic) bond motifs is 1. The molecule has 4 heteroatoms. The Morgan fingerprint density at radius 2 is 1.58 bits per heavy atom. The molecule has 33 heavy (non-hydrogen) atoms. The van der Waals surface area contributed by atoms with Crippen molar-refractivity contribution in [1.82, 2.24) is 9.88 Å². The van der Waals surface area contributed by atoms with E-state index in [1.54, 1.807) is 0 Å². The van der Waals surface area contributed by atoms with E-state index in [1.165, 1.54) is 38.5 Å². The third-order valence-electron chi connectivity index (χ3n) is 6.45. The molecule has 3 nitrogen and oxygen atoms in total. The lowest BCUT2D eigenvalue weighted by atomic mass is 10.0. The number of hydrogen-bond acceptors (Lipinski definition) is 1. The second kappa shape index (κ2) is 12.8. The molecule has 178 valence electrons. The van der Waals surface area contributed by atoms with Crippen LogP contribution in [0.2, 0.25) is 5.02 Å². The van der Waals surface area contributed by atoms with Gasteiger partial charge < -0.3 is 9.88 Å². The third-order valence-corrected chi connectivity index (χ3v) is 6.76. The summed E-state index contributed by atoms with van der Waals surface area (Å²) < 4.78 is 0. The Kier molecular flexibility index (Phi) is 9.87. The topological polar surface area (TPSA) is 36.1 Å². The molecular weight excluding hydrogens is 428 g/mol. The number of halogens is 1. The minimum atomic E-state index is 0.220. The van der Waals surface area contributed by atoms with E-state index in [0.717, 1.165) is 59.2 Å². The highest BCUT2D eigenvalue weighted by atomic mass is 35.5. The van der Waals surface area contributed by atoms with Gasteiger partial charge in [0.2, 0.25) is 5.91 Å². The summed E-state index contributed by atoms with van der Waals surface area (Å²) in [6, 6.07) is 14.4. The molecule has 2 aromatic carbocycles. The number of aryl methyl sites for hydroxylation is 1. The molecule has 1 aromatic heterocycles. The summed E-state index contributed by atoms with van der Waals surface area (Å²) in [7, 11) is 0. The van der Waals surface area contributed by atoms with E-state index in [1.807, 2.05) is 25.1 Å². The summed E-state index contributed by atoms with van der Waals surface area (Å²) in [6.45, 7) is 8.20. The number of carbonyl (C=O) groups is 1. The molecular formula is C29H39ClN2O. The van der Waals surface area contributed by atoms with Crippen molar-refractivity contribution in [2.24, 2.45) is 0 Å². The number of carbonyl (C=O) groups excluding carboxylic acids is 1. The van der Waals surface area contributed by atoms with Crippen LogP contribution in [0, 0.1) is 6.92 Å². The molecule has 1 heterocycles. The van der Waals surface area contributed by atoms with Crippen LogP contribution in [-0.4, -0.2) is 28.9 Å². The van der Waals surface area contributed by atoms with Crippen molar-refractivity contribution in [3.63, 3.8) is 0 Å². The first kappa shape index (κ1) is 25.4. The van der Waals surface area contributed by atoms with Crippen LogP contribution in [0.5, 0.6) is 0 Å². The predicted molar refractivity (Wildman–Crippen MR) is 142 cm³/mol. The van der Waals surface area contributed by atoms with Crippen LogP contribution >= 0.6 is 11.6 Å². The van der Waals surface area contributed by atoms with Crippen molar-refractivity contribution in [3.05, 3.63) is 58.6 Å². The fraction of sp³-hybridized carbons (Fsp3) is 0.483. The second-order valence-corrected chi connectivity index (χ2v) is 9.59. The molecule has 0 aliphatic rings. The fourth-order valence-corrected chi connectivity index (χ4v) is 4.85. The van der Waals surface area contributed by atoms with E-state index in [2.05, 4.69) is 48.0 Å². The maximum absolute atomic E-state index is 13.6. The van der Waals surface area contributed by atoms with E-state index in [-0.39, 0.29) is 5.91 Å². The number of hydrogen-bond donors (Lipinski definition) is 1. The van der Waals surface area contributed by atoms with Gasteiger partial charge in [0.25, 0.3) is 0 Å². The van der Waals surface area contributed by atoms with Crippen molar-refractivity contribution >= 4 is 28.4 Å². The Balaban J connectivity index is 1.87. The summed E-state index contributed by atoms with van der Waals surface area (Å²) in [5, 5.41) is 1.82. The highest BCUT2D eigenvalue weighted by Crippen LogP contribution is 2.35. The van der Waals surface area contributed by atoms with Crippen molar-refractivity contribution < 1.29 is 4.79 Å². The fourth-order valence-electron chi connectivity index (χ4n) is 4.52. The van der Waals surface area contributed by atoms with Gasteiger partial charge in [0.05, 0.1) is 17.1 Å². The third kappa shape index (κ3) is 6.86. The van der Waals surface area contributed by atoms with Gasteiger partial charge in [0.15, 0.2) is 0 Å². The first-order chi connectivity index (χ1) is 16.0. The number of nitrogens with zero attached hydrogens (tertiary/aromatic N) is 1. The SMILES string of the molecule is CCCCCCN(CCCCCC)C(=O)Cc1c(-c2ccc(C)cc2Cl)[nH]c2ccccc12. The predicted octanol–water partition coefficient (Wildman–Crippen LogP) is 8.33. The number of amides is 1. The number of unbranched alkanes of at least 4 members (excludes halogenated alkanes) is 6. The van der Waals surface area contributed by atoms with Crippen LogP contribution in [0.3, 0.4) is 0 Å². The normalized spacial score (nSPS) is 11.3. The van der Waals surface area contributed by atoms with Crippen LogP contribution < -0.4 is 0 Å². The minimum Gasteiger partial charge on any atom is -0.354 e. The Morgan fingerprint density at radius 1 is 0.909 bits per heavy atom. The molecule has 0 atom stereocenters. The molecule has 1 amide bonds. The molecule has 0 aliphatic heterocycles. The summed E-state index contributed by atoms with van der Waals surface area (Å²) in [4.78, 5) is 19.2. The van der Waals surface area contributed by atoms with Crippen molar-refractivity contribution in [3.8, 4) is 11.3 Å². The van der Waals surface area contributed by atoms with Gasteiger partial charge in [-0.25, -0.2) is 0 Å². The van der Waals surface area contributed by atoms with E-state index < -0.39 is 0 Å². The lowest BCUT2D eigenvalue weighted by Crippen LogP contribution is -2.34. The zero-order chi connectivity index (χ0) is 23.6. The standard InChI is InChI=1S/C29H39ClN2O/c1-4-6-8-12-18-32(19-13-9-7-5-2)28(33)21-25-23-14-10-11-15-27(23)31-29(25)24-17-16-22(3)20-26(24)30/h10-11,14-17,20,31H,4-9,12-13,18-19,21H2,1-3H3. The van der Waals surface area contributed by atoms with Crippen molar-refractivity contribution in [2.75, 3.05) is 13.1 Å². The highest BCUT2D eigenvalue weighted by Gasteiger charge is 2.21. The van der Waals surface area contributed by atoms with Crippen LogP contribution in [-0.2, 0) is 11.2 Å². The number of para-hydroxylation sites is 1. The lowest BCUT2D eigenvalue weighted by Gasteiger charge is -2.23. The van der Waals surface area contributed by atoms with Gasteiger partial charge in [-0.15, -0.1) is 0 Å². The number of nitrogens with one attached hydrogen (secondary N) is 1. The van der Waals surface area contributed by atoms with Gasteiger partial charge in [0.1, 0.15) is 0 Å². The Morgan fingerprint density at radius 3 is 2.21 bits per heavy atom. The molecule has 0 bridgehead atoms. The van der Waals surface area contributed by atoms with Crippen molar-refractivity contribution in [1.29, 1.82) is 0 Å². The summed E-state index contributed by atoms with van der Waals surface area (Å²) >= 11 is 6.64. The number of benzene rings is 2. The summed E-state index contributed by atoms with van der Waals surface area (Å²) in [6.07, 6.45) is 9.81. The molecule has 3 rings (SSSR count). The van der Waals surface area contributed by atoms with Gasteiger partial charge in [0, 0.05) is 29.6 Å². The molecule has 0 fully saturated rings. The van der Waals surface area contributed by atoms with Crippen LogP contribution in [0.4, 0.5) is 0 Å². The molecule has 1 N–H and O–H groups in total. The van der Waals surface area contributed by atoms with E-state index in [9.17, 15) is 4.79 Å². The van der Waals surface area contributed by atoms with E-state index in [4.69, 9.17) is 11.6 Å². The smallest absolute Gasteiger partial charge is 0.227 e. The number of rotatable bonds is 13. The number of aromatic amines is 1. The zero-order valence-corrected chi connectivity index (χ0v) is 21.3. The van der Waals surface area contributed by atoms with Gasteiger partial charge >= 0.3 is 0 Å². The van der Waals surface area contributed by atoms with Gasteiger partial charge in [-0.05, 0) is 43.0 Å². The van der Waals surface area contributed by atoms with Gasteiger partial charge in [-0.2, -0.15) is 0 Å². The largest absolute Gasteiger partial charge is 0.354 e. The Labute approximate surface area is 204 Å². The maximum Gasteiger partial charge on any atom is 0.227 e. The first-order valence-corrected chi connectivity index (χ1v) is 13.1. The molecule has 0 saturated carbocycles. The average Bonchev–Trinajstić information content (AvgIpc) is 3.16. The monoisotopic (exact) mass is 466 g/mol. The minimum absolute atomic E-state index is 0.220. The molecule has 0 saturated heterocycles. The quantitative estimate of drug-likeness (QED) is 0.252. The Bertz CT molecular complexity index is 1030. The van der Waals surface area contributed by atoms with Crippen LogP contribution in [0.25, 0.3) is 22.2 Å². The Hall–Kier alpha value is -2.26. The molecule has 3 aromatic rings. The maximum atomic E-state index is 13.6. The second-order valence-electron chi connectivity index (χ2n) is 9.19. The molecule has 0 spiro atoms. The van der Waals surface area contributed by atoms with Crippen molar-refractivity contribution in [2.45, 2.75) is 78.6 Å². The van der Waals surface area contributed by atoms with Gasteiger partial charge in [-0.3, -0.25) is 4.79 Å². The van der Waals surface area contributed by atoms with E-state index in [0.29, 0.717) is 11.4 Å². The highest BCUT2D eigenvalue weighted by molar-refractivity contribution is 6.33. The average molecular weight is 467 g/mol. The van der Waals surface area contributed by atoms with E-state index >= 15 is 0 Å². The lowest BCUT2D eigenvalue weighted by molar-refractivity contribution is -0.130. The van der Waals surface area contributed by atoms with Gasteiger partial charge in [-0.1, -0.05) is 94.3 Å². The molecule has 0 radical (unpaired) electrons. The first-order valence-electron chi connectivity index (χ1n) is 12.7. The zero-order valence-electron chi connectivity index (χ0n) is 20.6. The summed E-state index contributed by atoms with van der Waals surface area (Å²) in [5.41, 5.74) is 5.14. The summed E-state index contributed by atoms with van der Waals surface area (Å²) in [5.74, 6) is 0.220. The van der Waals surface area contributed by atoms with Crippen LogP contribution in [0.1, 0.15) is 76.3 Å².